The second kappa shape index (κ2) is 10.7. The van der Waals surface area contributed by atoms with Crippen LogP contribution in [-0.4, -0.2) is 0 Å². The average Bonchev–Trinajstić information content (AvgIpc) is 2.59. The molecule has 0 aromatic carbocycles. The fourth-order valence-corrected chi connectivity index (χ4v) is 2.75. The van der Waals surface area contributed by atoms with E-state index in [1.54, 1.807) is 0 Å². The molecule has 0 spiro atoms. The van der Waals surface area contributed by atoms with Gasteiger partial charge in [0, 0.05) is 11.3 Å². The fourth-order valence-electron chi connectivity index (χ4n) is 2.75. The Kier molecular flexibility index (Phi) is 9.73. The summed E-state index contributed by atoms with van der Waals surface area (Å²) in [6.07, 6.45) is 14.9. The van der Waals surface area contributed by atoms with Gasteiger partial charge in [-0.3, -0.25) is 0 Å². The summed E-state index contributed by atoms with van der Waals surface area (Å²) >= 11 is 0. The smallest absolute Gasteiger partial charge is 0.0347 e. The van der Waals surface area contributed by atoms with Crippen LogP contribution < -0.4 is 5.73 Å². The van der Waals surface area contributed by atoms with Crippen LogP contribution in [0.25, 0.3) is 0 Å². The molecule has 0 aliphatic rings. The number of nitrogens with two attached hydrogens (primary N) is 1. The molecular weight excluding hydrogens is 278 g/mol. The highest BCUT2D eigenvalue weighted by Crippen LogP contribution is 2.34. The number of allylic oxidation sites excluding steroid dienone is 12. The highest BCUT2D eigenvalue weighted by atomic mass is 14.6. The second-order valence-electron chi connectivity index (χ2n) is 5.23. The monoisotopic (exact) mass is 311 g/mol. The highest BCUT2D eigenvalue weighted by molar-refractivity contribution is 5.67. The van der Waals surface area contributed by atoms with Crippen molar-refractivity contribution in [3.63, 3.8) is 0 Å². The van der Waals surface area contributed by atoms with E-state index in [9.17, 15) is 0 Å². The van der Waals surface area contributed by atoms with Crippen molar-refractivity contribution in [1.29, 1.82) is 0 Å². The Hall–Kier alpha value is -2.02. The van der Waals surface area contributed by atoms with Crippen LogP contribution in [-0.2, 0) is 0 Å². The van der Waals surface area contributed by atoms with Gasteiger partial charge in [0.2, 0.25) is 0 Å². The maximum Gasteiger partial charge on any atom is 0.0347 e. The molecule has 0 saturated carbocycles. The quantitative estimate of drug-likeness (QED) is 0.553. The van der Waals surface area contributed by atoms with E-state index >= 15 is 0 Å². The zero-order valence-corrected chi connectivity index (χ0v) is 16.1. The van der Waals surface area contributed by atoms with E-state index in [0.29, 0.717) is 0 Å². The summed E-state index contributed by atoms with van der Waals surface area (Å²) in [5, 5.41) is 0. The fraction of sp³-hybridized carbons (Fsp3) is 0.364. The first kappa shape index (κ1) is 21.0. The minimum Gasteiger partial charge on any atom is -0.399 e. The van der Waals surface area contributed by atoms with Crippen molar-refractivity contribution < 1.29 is 0 Å². The van der Waals surface area contributed by atoms with E-state index < -0.39 is 0 Å². The zero-order valence-electron chi connectivity index (χ0n) is 16.1. The van der Waals surface area contributed by atoms with Gasteiger partial charge >= 0.3 is 0 Å². The van der Waals surface area contributed by atoms with Gasteiger partial charge < -0.3 is 5.73 Å². The molecule has 0 aliphatic heterocycles. The van der Waals surface area contributed by atoms with Gasteiger partial charge in [0.05, 0.1) is 0 Å². The molecule has 0 unspecified atom stereocenters. The molecule has 1 heteroatoms. The van der Waals surface area contributed by atoms with Gasteiger partial charge in [0.15, 0.2) is 0 Å². The molecule has 0 aromatic heterocycles. The van der Waals surface area contributed by atoms with Gasteiger partial charge in [-0.25, -0.2) is 0 Å². The second-order valence-corrected chi connectivity index (χ2v) is 5.23. The van der Waals surface area contributed by atoms with E-state index in [4.69, 9.17) is 5.73 Å². The average molecular weight is 312 g/mol. The maximum atomic E-state index is 6.21. The molecular formula is C22H33N. The molecule has 1 nitrogen and oxygen atoms in total. The van der Waals surface area contributed by atoms with Crippen LogP contribution in [0, 0.1) is 0 Å². The third-order valence-corrected chi connectivity index (χ3v) is 4.08. The maximum absolute atomic E-state index is 6.21. The molecule has 0 heterocycles. The third kappa shape index (κ3) is 4.99. The van der Waals surface area contributed by atoms with Crippen LogP contribution in [0.1, 0.15) is 55.4 Å². The van der Waals surface area contributed by atoms with Crippen molar-refractivity contribution in [2.75, 3.05) is 0 Å². The molecule has 126 valence electrons. The number of hydrogen-bond donors (Lipinski definition) is 1. The normalized spacial score (nSPS) is 17.0. The molecule has 0 atom stereocenters. The van der Waals surface area contributed by atoms with Gasteiger partial charge in [-0.1, -0.05) is 42.5 Å². The minimum absolute atomic E-state index is 0.806. The lowest BCUT2D eigenvalue weighted by Gasteiger charge is -2.21. The lowest BCUT2D eigenvalue weighted by Crippen LogP contribution is -2.08. The topological polar surface area (TPSA) is 26.0 Å². The largest absolute Gasteiger partial charge is 0.399 e. The summed E-state index contributed by atoms with van der Waals surface area (Å²) in [5.74, 6) is 0. The van der Waals surface area contributed by atoms with Crippen molar-refractivity contribution >= 4 is 0 Å². The van der Waals surface area contributed by atoms with Crippen molar-refractivity contribution in [3.8, 4) is 0 Å². The van der Waals surface area contributed by atoms with E-state index in [-0.39, 0.29) is 0 Å². The van der Waals surface area contributed by atoms with E-state index in [1.807, 2.05) is 19.9 Å². The Labute approximate surface area is 143 Å². The summed E-state index contributed by atoms with van der Waals surface area (Å²) in [5.41, 5.74) is 14.2. The molecule has 0 saturated heterocycles. The summed E-state index contributed by atoms with van der Waals surface area (Å²) in [6.45, 7) is 16.6. The Morgan fingerprint density at radius 2 is 0.826 bits per heavy atom. The van der Waals surface area contributed by atoms with Crippen LogP contribution in [0.15, 0.2) is 81.7 Å². The molecule has 2 N–H and O–H groups in total. The van der Waals surface area contributed by atoms with Gasteiger partial charge in [-0.15, -0.1) is 0 Å². The molecule has 23 heavy (non-hydrogen) atoms. The van der Waals surface area contributed by atoms with Crippen LogP contribution in [0.5, 0.6) is 0 Å². The highest BCUT2D eigenvalue weighted by Gasteiger charge is 2.17. The predicted molar refractivity (Wildman–Crippen MR) is 106 cm³/mol. The Morgan fingerprint density at radius 1 is 0.478 bits per heavy atom. The summed E-state index contributed by atoms with van der Waals surface area (Å²) in [6, 6.07) is 0. The van der Waals surface area contributed by atoms with Gasteiger partial charge in [-0.05, 0) is 83.3 Å². The molecule has 0 amide bonds. The molecule has 0 radical (unpaired) electrons. The standard InChI is InChI=1S/C22H33N/c1-9-16(8)17(10-2)18(11-3)19(12-4)20(13-5)21(14-6)22(23)15-7/h9-15H,23H2,1-8H3. The molecule has 0 rings (SSSR count). The summed E-state index contributed by atoms with van der Waals surface area (Å²) in [7, 11) is 0. The first-order valence-electron chi connectivity index (χ1n) is 8.35. The van der Waals surface area contributed by atoms with E-state index in [1.165, 1.54) is 27.9 Å². The molecule has 0 aliphatic carbocycles. The van der Waals surface area contributed by atoms with Crippen molar-refractivity contribution in [3.05, 3.63) is 81.7 Å². The number of rotatable bonds is 6. The molecule has 0 fully saturated rings. The predicted octanol–water partition coefficient (Wildman–Crippen LogP) is 6.55. The van der Waals surface area contributed by atoms with Crippen LogP contribution in [0.4, 0.5) is 0 Å². The van der Waals surface area contributed by atoms with Gasteiger partial charge in [0.1, 0.15) is 0 Å². The Bertz CT molecular complexity index is 562. The lowest BCUT2D eigenvalue weighted by atomic mass is 9.84. The van der Waals surface area contributed by atoms with Gasteiger partial charge in [-0.2, -0.15) is 0 Å². The first-order chi connectivity index (χ1) is 11.0. The number of hydrogen-bond acceptors (Lipinski definition) is 1. The van der Waals surface area contributed by atoms with Crippen molar-refractivity contribution in [1.82, 2.24) is 0 Å². The third-order valence-electron chi connectivity index (χ3n) is 4.08. The van der Waals surface area contributed by atoms with Crippen LogP contribution in [0.2, 0.25) is 0 Å². The lowest BCUT2D eigenvalue weighted by molar-refractivity contribution is 1.22. The Balaban J connectivity index is 6.30. The SMILES string of the molecule is CC=C(C)C(=CC)C(=CC)C(=CC)C(=CC)C(=CC)C(N)=CC. The first-order valence-corrected chi connectivity index (χ1v) is 8.35. The van der Waals surface area contributed by atoms with E-state index in [0.717, 1.165) is 11.3 Å². The summed E-state index contributed by atoms with van der Waals surface area (Å²) < 4.78 is 0. The minimum atomic E-state index is 0.806. The molecule has 0 bridgehead atoms. The Morgan fingerprint density at radius 3 is 1.13 bits per heavy atom. The van der Waals surface area contributed by atoms with E-state index in [2.05, 4.69) is 78.0 Å². The summed E-state index contributed by atoms with van der Waals surface area (Å²) in [4.78, 5) is 0. The van der Waals surface area contributed by atoms with Gasteiger partial charge in [0.25, 0.3) is 0 Å². The zero-order chi connectivity index (χ0) is 18.0. The van der Waals surface area contributed by atoms with Crippen LogP contribution in [0.3, 0.4) is 0 Å². The van der Waals surface area contributed by atoms with Crippen molar-refractivity contribution in [2.24, 2.45) is 5.73 Å². The van der Waals surface area contributed by atoms with Crippen LogP contribution >= 0.6 is 0 Å². The molecule has 0 aromatic rings. The van der Waals surface area contributed by atoms with Crippen molar-refractivity contribution in [2.45, 2.75) is 55.4 Å².